The van der Waals surface area contributed by atoms with E-state index in [0.717, 1.165) is 58.2 Å². The van der Waals surface area contributed by atoms with Gasteiger partial charge in [-0.25, -0.2) is 0 Å². The van der Waals surface area contributed by atoms with Crippen molar-refractivity contribution < 1.29 is 14.3 Å². The SMILES string of the molecule is CC(C)C[C@@H]1NC(=O)C2(CCCCCOCCNC1=O)CCNCC2. The molecule has 144 valence electrons. The van der Waals surface area contributed by atoms with E-state index in [1.165, 1.54) is 0 Å². The van der Waals surface area contributed by atoms with E-state index in [1.54, 1.807) is 0 Å². The van der Waals surface area contributed by atoms with Gasteiger partial charge in [0.2, 0.25) is 11.8 Å². The lowest BCUT2D eigenvalue weighted by atomic mass is 9.73. The highest BCUT2D eigenvalue weighted by Gasteiger charge is 2.40. The van der Waals surface area contributed by atoms with Crippen LogP contribution in [0.1, 0.15) is 58.8 Å². The molecule has 2 amide bonds. The summed E-state index contributed by atoms with van der Waals surface area (Å²) in [5, 5.41) is 9.36. The highest BCUT2D eigenvalue weighted by Crippen LogP contribution is 2.35. The van der Waals surface area contributed by atoms with E-state index in [9.17, 15) is 9.59 Å². The molecule has 2 aliphatic rings. The van der Waals surface area contributed by atoms with Crippen molar-refractivity contribution in [2.45, 2.75) is 64.8 Å². The van der Waals surface area contributed by atoms with Crippen LogP contribution in [0.3, 0.4) is 0 Å². The van der Waals surface area contributed by atoms with Gasteiger partial charge < -0.3 is 20.7 Å². The third kappa shape index (κ3) is 6.26. The zero-order valence-corrected chi connectivity index (χ0v) is 15.9. The summed E-state index contributed by atoms with van der Waals surface area (Å²) in [4.78, 5) is 25.7. The molecule has 0 aromatic carbocycles. The van der Waals surface area contributed by atoms with E-state index < -0.39 is 6.04 Å². The average Bonchev–Trinajstić information content (AvgIpc) is 2.59. The van der Waals surface area contributed by atoms with E-state index in [-0.39, 0.29) is 17.2 Å². The van der Waals surface area contributed by atoms with Crippen molar-refractivity contribution in [2.75, 3.05) is 32.8 Å². The minimum absolute atomic E-state index is 0.0723. The summed E-state index contributed by atoms with van der Waals surface area (Å²) in [6.07, 6.45) is 6.40. The van der Waals surface area contributed by atoms with Crippen molar-refractivity contribution >= 4 is 11.8 Å². The first-order valence-corrected chi connectivity index (χ1v) is 9.91. The van der Waals surface area contributed by atoms with Crippen LogP contribution in [0.15, 0.2) is 0 Å². The molecule has 0 radical (unpaired) electrons. The Kier molecular flexibility index (Phi) is 8.16. The Morgan fingerprint density at radius 3 is 2.52 bits per heavy atom. The highest BCUT2D eigenvalue weighted by atomic mass is 16.5. The standard InChI is InChI=1S/C19H35N3O3/c1-15(2)14-16-17(23)21-11-13-25-12-5-3-4-6-19(18(24)22-16)7-9-20-10-8-19/h15-16,20H,3-14H2,1-2H3,(H,21,23)(H,22,24)/t16-/m0/s1. The molecule has 0 aliphatic carbocycles. The van der Waals surface area contributed by atoms with Crippen LogP contribution in [-0.4, -0.2) is 50.7 Å². The van der Waals surface area contributed by atoms with Crippen molar-refractivity contribution in [3.63, 3.8) is 0 Å². The average molecular weight is 354 g/mol. The van der Waals surface area contributed by atoms with Crippen molar-refractivity contribution in [1.29, 1.82) is 0 Å². The Balaban J connectivity index is 2.12. The van der Waals surface area contributed by atoms with E-state index in [2.05, 4.69) is 29.8 Å². The van der Waals surface area contributed by atoms with Gasteiger partial charge in [-0.05, 0) is 51.1 Å². The Morgan fingerprint density at radius 2 is 1.80 bits per heavy atom. The summed E-state index contributed by atoms with van der Waals surface area (Å²) < 4.78 is 5.59. The molecule has 0 unspecified atom stereocenters. The van der Waals surface area contributed by atoms with Crippen LogP contribution >= 0.6 is 0 Å². The van der Waals surface area contributed by atoms with Crippen LogP contribution < -0.4 is 16.0 Å². The summed E-state index contributed by atoms with van der Waals surface area (Å²) in [6.45, 7) is 7.66. The van der Waals surface area contributed by atoms with Gasteiger partial charge in [-0.2, -0.15) is 0 Å². The first-order valence-electron chi connectivity index (χ1n) is 9.91. The van der Waals surface area contributed by atoms with Gasteiger partial charge in [0.05, 0.1) is 12.0 Å². The quantitative estimate of drug-likeness (QED) is 0.704. The predicted octanol–water partition coefficient (Wildman–Crippen LogP) is 1.59. The second-order valence-corrected chi connectivity index (χ2v) is 7.90. The molecule has 2 aliphatic heterocycles. The number of rotatable bonds is 2. The lowest BCUT2D eigenvalue weighted by Gasteiger charge is -2.37. The molecule has 25 heavy (non-hydrogen) atoms. The molecular weight excluding hydrogens is 318 g/mol. The van der Waals surface area contributed by atoms with E-state index in [0.29, 0.717) is 25.5 Å². The Hall–Kier alpha value is -1.14. The van der Waals surface area contributed by atoms with Gasteiger partial charge in [0.15, 0.2) is 0 Å². The number of carbonyl (C=O) groups excluding carboxylic acids is 2. The van der Waals surface area contributed by atoms with Crippen LogP contribution in [0.2, 0.25) is 0 Å². The van der Waals surface area contributed by atoms with E-state index >= 15 is 0 Å². The molecule has 2 rings (SSSR count). The van der Waals surface area contributed by atoms with Gasteiger partial charge >= 0.3 is 0 Å². The molecule has 1 spiro atoms. The number of amides is 2. The van der Waals surface area contributed by atoms with Crippen LogP contribution in [0.4, 0.5) is 0 Å². The van der Waals surface area contributed by atoms with Crippen LogP contribution in [0.25, 0.3) is 0 Å². The van der Waals surface area contributed by atoms with Gasteiger partial charge in [0.25, 0.3) is 0 Å². The summed E-state index contributed by atoms with van der Waals surface area (Å²) in [5.74, 6) is 0.324. The molecular formula is C19H35N3O3. The van der Waals surface area contributed by atoms with Crippen molar-refractivity contribution in [3.8, 4) is 0 Å². The minimum Gasteiger partial charge on any atom is -0.380 e. The zero-order valence-electron chi connectivity index (χ0n) is 15.9. The van der Waals surface area contributed by atoms with Gasteiger partial charge in [0, 0.05) is 13.2 Å². The van der Waals surface area contributed by atoms with Gasteiger partial charge in [0.1, 0.15) is 6.04 Å². The zero-order chi connectivity index (χ0) is 18.1. The second kappa shape index (κ2) is 10.1. The smallest absolute Gasteiger partial charge is 0.242 e. The number of ether oxygens (including phenoxy) is 1. The maximum Gasteiger partial charge on any atom is 0.242 e. The Bertz CT molecular complexity index is 434. The van der Waals surface area contributed by atoms with Crippen molar-refractivity contribution in [1.82, 2.24) is 16.0 Å². The number of piperidine rings is 1. The van der Waals surface area contributed by atoms with E-state index in [4.69, 9.17) is 4.74 Å². The molecule has 6 heteroatoms. The predicted molar refractivity (Wildman–Crippen MR) is 98.2 cm³/mol. The monoisotopic (exact) mass is 353 g/mol. The largest absolute Gasteiger partial charge is 0.380 e. The van der Waals surface area contributed by atoms with Crippen LogP contribution in [-0.2, 0) is 14.3 Å². The summed E-state index contributed by atoms with van der Waals surface area (Å²) in [7, 11) is 0. The lowest BCUT2D eigenvalue weighted by Crippen LogP contribution is -2.54. The molecule has 0 aromatic heterocycles. The molecule has 6 nitrogen and oxygen atoms in total. The van der Waals surface area contributed by atoms with Gasteiger partial charge in [-0.3, -0.25) is 9.59 Å². The maximum atomic E-state index is 13.2. The molecule has 2 fully saturated rings. The Labute approximate surface area is 151 Å². The maximum absolute atomic E-state index is 13.2. The van der Waals surface area contributed by atoms with Crippen LogP contribution in [0.5, 0.6) is 0 Å². The molecule has 2 heterocycles. The third-order valence-electron chi connectivity index (χ3n) is 5.36. The van der Waals surface area contributed by atoms with Gasteiger partial charge in [-0.1, -0.05) is 26.7 Å². The molecule has 0 saturated carbocycles. The summed E-state index contributed by atoms with van der Waals surface area (Å²) >= 11 is 0. The Morgan fingerprint density at radius 1 is 1.04 bits per heavy atom. The fourth-order valence-electron chi connectivity index (χ4n) is 3.83. The molecule has 1 atom stereocenters. The summed E-state index contributed by atoms with van der Waals surface area (Å²) in [5.41, 5.74) is -0.328. The number of hydrogen-bond donors (Lipinski definition) is 3. The topological polar surface area (TPSA) is 79.5 Å². The number of hydrogen-bond acceptors (Lipinski definition) is 4. The van der Waals surface area contributed by atoms with E-state index in [1.807, 2.05) is 0 Å². The first kappa shape index (κ1) is 20.2. The first-order chi connectivity index (χ1) is 12.0. The molecule has 0 aromatic rings. The van der Waals surface area contributed by atoms with Crippen LogP contribution in [0, 0.1) is 11.3 Å². The number of nitrogens with one attached hydrogen (secondary N) is 3. The third-order valence-corrected chi connectivity index (χ3v) is 5.36. The summed E-state index contributed by atoms with van der Waals surface area (Å²) in [6, 6.07) is -0.456. The van der Waals surface area contributed by atoms with Crippen molar-refractivity contribution in [3.05, 3.63) is 0 Å². The van der Waals surface area contributed by atoms with Crippen molar-refractivity contribution in [2.24, 2.45) is 11.3 Å². The normalized spacial score (nSPS) is 26.8. The molecule has 2 saturated heterocycles. The lowest BCUT2D eigenvalue weighted by molar-refractivity contribution is -0.137. The molecule has 0 bridgehead atoms. The number of carbonyl (C=O) groups is 2. The fraction of sp³-hybridized carbons (Fsp3) is 0.895. The minimum atomic E-state index is -0.456. The fourth-order valence-corrected chi connectivity index (χ4v) is 3.83. The molecule has 3 N–H and O–H groups in total. The second-order valence-electron chi connectivity index (χ2n) is 7.90. The van der Waals surface area contributed by atoms with Gasteiger partial charge in [-0.15, -0.1) is 0 Å². The highest BCUT2D eigenvalue weighted by molar-refractivity contribution is 5.90.